The summed E-state index contributed by atoms with van der Waals surface area (Å²) in [4.78, 5) is 45.8. The van der Waals surface area contributed by atoms with Crippen molar-refractivity contribution < 1.29 is 96.8 Å². The summed E-state index contributed by atoms with van der Waals surface area (Å²) in [6.45, 7) is 16.2. The fourth-order valence-electron chi connectivity index (χ4n) is 4.91. The number of hydrogen-bond donors (Lipinski definition) is 1. The van der Waals surface area contributed by atoms with Crippen molar-refractivity contribution >= 4 is 34.9 Å². The fourth-order valence-corrected chi connectivity index (χ4v) is 5.01. The Morgan fingerprint density at radius 1 is 0.836 bits per heavy atom. The second-order valence-corrected chi connectivity index (χ2v) is 14.3. The second-order valence-electron chi connectivity index (χ2n) is 13.9. The van der Waals surface area contributed by atoms with E-state index in [0.717, 1.165) is 48.8 Å². The van der Waals surface area contributed by atoms with Crippen LogP contribution in [0.5, 0.6) is 11.5 Å². The standard InChI is InChI=1S/C16H17F4NO4.C10H7ClF4O2.C6H11NO2.C4H8O.C4H9.Li/c1-9(2)12-8-24-15(23)21(12)14(22)6-4-10-3-5-13(11(17)7-10)25-16(18,19)20;11-9(16)4-2-6-1-3-8(7(12)5-6)17-10(13,14)15;1-4(2)5-3-9-6(8)7-5;1-2-4-5-3-1;1-3-4-2;/h3,5,7,9,12H,4,6,8H2,1-2H3;1,3,5H,2,4H2;4-5H,3H2,1-2H3,(H,7,8);1-4H2;1,3-4H2,2H3;/q;;;;-1;+1/t12-;;5-;;;/m0.0.../s1. The van der Waals surface area contributed by atoms with E-state index >= 15 is 0 Å². The number of carbonyl (C=O) groups is 4. The number of aryl methyl sites for hydroxylation is 2. The zero-order valence-corrected chi connectivity index (χ0v) is 35.7. The number of ether oxygens (including phenoxy) is 5. The summed E-state index contributed by atoms with van der Waals surface area (Å²) >= 11 is 5.08. The molecule has 2 atom stereocenters. The van der Waals surface area contributed by atoms with E-state index < -0.39 is 53.1 Å². The molecule has 0 saturated carbocycles. The van der Waals surface area contributed by atoms with Crippen LogP contribution in [0.25, 0.3) is 0 Å². The first-order chi connectivity index (χ1) is 28.0. The number of amides is 3. The van der Waals surface area contributed by atoms with Gasteiger partial charge in [-0.2, -0.15) is 6.42 Å². The van der Waals surface area contributed by atoms with E-state index in [0.29, 0.717) is 23.7 Å². The molecule has 3 aliphatic heterocycles. The second kappa shape index (κ2) is 28.7. The monoisotopic (exact) mass is 898 g/mol. The number of halogens is 9. The molecule has 0 spiro atoms. The number of nitrogens with zero attached hydrogens (tertiary/aromatic N) is 1. The molecule has 21 heteroatoms. The van der Waals surface area contributed by atoms with Crippen LogP contribution in [0.1, 0.15) is 84.3 Å². The molecular formula is C40H52ClF8LiN2O9. The third kappa shape index (κ3) is 24.4. The third-order valence-corrected chi connectivity index (χ3v) is 8.50. The molecular weight excluding hydrogens is 847 g/mol. The Morgan fingerprint density at radius 3 is 1.62 bits per heavy atom. The fraction of sp³-hybridized carbons (Fsp3) is 0.575. The molecule has 3 fully saturated rings. The summed E-state index contributed by atoms with van der Waals surface area (Å²) in [5.74, 6) is -4.14. The molecule has 3 aliphatic rings. The number of unbranched alkanes of at least 4 members (excludes halogenated alkanes) is 1. The van der Waals surface area contributed by atoms with Gasteiger partial charge in [0.05, 0.1) is 12.1 Å². The van der Waals surface area contributed by atoms with Gasteiger partial charge in [-0.1, -0.05) is 53.2 Å². The zero-order valence-electron chi connectivity index (χ0n) is 35.0. The van der Waals surface area contributed by atoms with Crippen LogP contribution in [0.3, 0.4) is 0 Å². The van der Waals surface area contributed by atoms with E-state index in [1.807, 2.05) is 13.8 Å². The molecule has 0 aromatic heterocycles. The van der Waals surface area contributed by atoms with Crippen molar-refractivity contribution in [3.8, 4) is 11.5 Å². The number of hydrogen-bond acceptors (Lipinski definition) is 9. The van der Waals surface area contributed by atoms with E-state index in [1.54, 1.807) is 0 Å². The SMILES string of the molecule is C1CCOC1.CC(C)[C@@H]1COC(=O)N1.CC(C)[C@@H]1COC(=O)N1C(=O)CCc1ccc(OC(F)(F)F)c(F)c1.O=C(Cl)CCc1ccc(OC(F)(F)F)c(F)c1.[CH2-]CCC.[Li+]. The van der Waals surface area contributed by atoms with Gasteiger partial charge in [0.15, 0.2) is 23.1 Å². The maximum absolute atomic E-state index is 13.6. The molecule has 0 aliphatic carbocycles. The number of benzene rings is 2. The van der Waals surface area contributed by atoms with Crippen molar-refractivity contribution in [2.24, 2.45) is 11.8 Å². The van der Waals surface area contributed by atoms with Crippen LogP contribution in [-0.4, -0.2) is 79.5 Å². The predicted molar refractivity (Wildman–Crippen MR) is 204 cm³/mol. The molecule has 0 bridgehead atoms. The molecule has 1 N–H and O–H groups in total. The summed E-state index contributed by atoms with van der Waals surface area (Å²) in [6, 6.07) is 5.79. The molecule has 61 heavy (non-hydrogen) atoms. The molecule has 3 heterocycles. The van der Waals surface area contributed by atoms with Crippen LogP contribution in [0.15, 0.2) is 36.4 Å². The minimum Gasteiger partial charge on any atom is -0.447 e. The maximum atomic E-state index is 13.6. The van der Waals surface area contributed by atoms with E-state index in [9.17, 15) is 54.3 Å². The number of alkyl carbamates (subject to hydrolysis) is 1. The molecule has 3 saturated heterocycles. The van der Waals surface area contributed by atoms with Crippen LogP contribution in [0.4, 0.5) is 44.7 Å². The van der Waals surface area contributed by atoms with Gasteiger partial charge in [-0.05, 0) is 84.5 Å². The van der Waals surface area contributed by atoms with Crippen molar-refractivity contribution in [3.63, 3.8) is 0 Å². The van der Waals surface area contributed by atoms with Gasteiger partial charge in [-0.25, -0.2) is 23.3 Å². The third-order valence-electron chi connectivity index (χ3n) is 8.31. The Balaban J connectivity index is 0.000000854. The molecule has 11 nitrogen and oxygen atoms in total. The van der Waals surface area contributed by atoms with Crippen molar-refractivity contribution in [1.29, 1.82) is 0 Å². The normalized spacial score (nSPS) is 16.8. The minimum atomic E-state index is -4.99. The first-order valence-corrected chi connectivity index (χ1v) is 19.4. The van der Waals surface area contributed by atoms with Crippen LogP contribution in [-0.2, 0) is 36.6 Å². The molecule has 5 rings (SSSR count). The van der Waals surface area contributed by atoms with Gasteiger partial charge < -0.3 is 35.9 Å². The van der Waals surface area contributed by atoms with Gasteiger partial charge in [0.25, 0.3) is 0 Å². The molecule has 2 aromatic rings. The van der Waals surface area contributed by atoms with Crippen LogP contribution in [0, 0.1) is 30.4 Å². The van der Waals surface area contributed by atoms with Crippen LogP contribution >= 0.6 is 11.6 Å². The van der Waals surface area contributed by atoms with E-state index in [1.165, 1.54) is 31.4 Å². The van der Waals surface area contributed by atoms with Gasteiger partial charge in [0.1, 0.15) is 13.2 Å². The largest absolute Gasteiger partial charge is 1.00 e. The van der Waals surface area contributed by atoms with Gasteiger partial charge in [0, 0.05) is 26.1 Å². The predicted octanol–water partition coefficient (Wildman–Crippen LogP) is 7.25. The van der Waals surface area contributed by atoms with Crippen LogP contribution < -0.4 is 33.7 Å². The van der Waals surface area contributed by atoms with Crippen molar-refractivity contribution in [2.45, 2.75) is 111 Å². The average Bonchev–Trinajstić information content (AvgIpc) is 3.95. The summed E-state index contributed by atoms with van der Waals surface area (Å²) in [5, 5.41) is 2.10. The van der Waals surface area contributed by atoms with Crippen molar-refractivity contribution in [1.82, 2.24) is 10.2 Å². The Morgan fingerprint density at radius 2 is 1.31 bits per heavy atom. The number of nitrogens with one attached hydrogen (secondary N) is 1. The Labute approximate surface area is 367 Å². The molecule has 3 amide bonds. The van der Waals surface area contributed by atoms with Gasteiger partial charge in [0.2, 0.25) is 11.1 Å². The number of imide groups is 1. The number of rotatable bonds is 11. The molecule has 0 unspecified atom stereocenters. The summed E-state index contributed by atoms with van der Waals surface area (Å²) in [5.41, 5.74) is 0.681. The van der Waals surface area contributed by atoms with Gasteiger partial charge >= 0.3 is 43.8 Å². The molecule has 340 valence electrons. The Hall–Kier alpha value is -3.79. The smallest absolute Gasteiger partial charge is 0.447 e. The minimum absolute atomic E-state index is 0. The number of alkyl halides is 6. The topological polar surface area (TPSA) is 130 Å². The molecule has 0 radical (unpaired) electrons. The quantitative estimate of drug-likeness (QED) is 0.107. The zero-order chi connectivity index (χ0) is 45.6. The first-order valence-electron chi connectivity index (χ1n) is 19.0. The van der Waals surface area contributed by atoms with Crippen LogP contribution in [0.2, 0.25) is 0 Å². The van der Waals surface area contributed by atoms with Gasteiger partial charge in [-0.3, -0.25) is 9.59 Å². The van der Waals surface area contributed by atoms with E-state index in [-0.39, 0.29) is 75.2 Å². The Bertz CT molecular complexity index is 1640. The summed E-state index contributed by atoms with van der Waals surface area (Å²) in [7, 11) is 0. The van der Waals surface area contributed by atoms with E-state index in [2.05, 4.69) is 47.2 Å². The average molecular weight is 899 g/mol. The number of carbonyl (C=O) groups excluding carboxylic acids is 4. The molecule has 2 aromatic carbocycles. The first kappa shape index (κ1) is 57.2. The van der Waals surface area contributed by atoms with E-state index in [4.69, 9.17) is 21.1 Å². The maximum Gasteiger partial charge on any atom is 1.00 e. The summed E-state index contributed by atoms with van der Waals surface area (Å²) in [6.07, 6.45) is -5.98. The number of cyclic esters (lactones) is 2. The van der Waals surface area contributed by atoms with Crippen molar-refractivity contribution in [3.05, 3.63) is 66.1 Å². The van der Waals surface area contributed by atoms with Crippen molar-refractivity contribution in [2.75, 3.05) is 26.4 Å². The summed E-state index contributed by atoms with van der Waals surface area (Å²) < 4.78 is 120. The van der Waals surface area contributed by atoms with Gasteiger partial charge in [-0.15, -0.1) is 26.3 Å². The Kier molecular flexibility index (Phi) is 27.0.